The maximum Gasteiger partial charge on any atom is 0.234 e. The monoisotopic (exact) mass is 306 g/mol. The van der Waals surface area contributed by atoms with Crippen molar-refractivity contribution in [3.63, 3.8) is 0 Å². The Labute approximate surface area is 128 Å². The van der Waals surface area contributed by atoms with E-state index in [1.807, 2.05) is 12.1 Å². The first-order valence-corrected chi connectivity index (χ1v) is 6.98. The summed E-state index contributed by atoms with van der Waals surface area (Å²) in [5.74, 6) is -0.409. The third-order valence-corrected chi connectivity index (χ3v) is 3.21. The molecule has 0 aliphatic heterocycles. The number of amides is 1. The molecule has 110 valence electrons. The average molecular weight is 307 g/mol. The molecule has 1 amide bonds. The van der Waals surface area contributed by atoms with Gasteiger partial charge in [0.05, 0.1) is 6.54 Å². The van der Waals surface area contributed by atoms with Crippen LogP contribution >= 0.6 is 11.6 Å². The van der Waals surface area contributed by atoms with E-state index in [-0.39, 0.29) is 18.3 Å². The van der Waals surface area contributed by atoms with Gasteiger partial charge in [0.25, 0.3) is 0 Å². The Balaban J connectivity index is 1.70. The van der Waals surface area contributed by atoms with Crippen molar-refractivity contribution in [3.05, 3.63) is 70.5 Å². The first-order valence-electron chi connectivity index (χ1n) is 6.60. The van der Waals surface area contributed by atoms with Gasteiger partial charge >= 0.3 is 0 Å². The van der Waals surface area contributed by atoms with Gasteiger partial charge in [-0.2, -0.15) is 0 Å². The van der Waals surface area contributed by atoms with Crippen molar-refractivity contribution in [2.24, 2.45) is 0 Å². The lowest BCUT2D eigenvalue weighted by molar-refractivity contribution is -0.120. The minimum atomic E-state index is -0.272. The van der Waals surface area contributed by atoms with Gasteiger partial charge in [-0.05, 0) is 23.8 Å². The van der Waals surface area contributed by atoms with Crippen LogP contribution in [-0.4, -0.2) is 12.5 Å². The molecule has 21 heavy (non-hydrogen) atoms. The number of hydrogen-bond donors (Lipinski definition) is 2. The van der Waals surface area contributed by atoms with Crippen LogP contribution in [0, 0.1) is 5.82 Å². The predicted octanol–water partition coefficient (Wildman–Crippen LogP) is 2.89. The molecule has 3 nitrogen and oxygen atoms in total. The standard InChI is InChI=1S/C16H16ClFN2O/c17-14-7-5-12(6-8-14)9-20-16(21)11-19-10-13-3-1-2-4-15(13)18/h1-8,19H,9-11H2,(H,20,21). The molecule has 2 N–H and O–H groups in total. The predicted molar refractivity (Wildman–Crippen MR) is 81.4 cm³/mol. The fourth-order valence-electron chi connectivity index (χ4n) is 1.82. The minimum Gasteiger partial charge on any atom is -0.351 e. The van der Waals surface area contributed by atoms with E-state index in [9.17, 15) is 9.18 Å². The van der Waals surface area contributed by atoms with Crippen LogP contribution in [0.3, 0.4) is 0 Å². The SMILES string of the molecule is O=C(CNCc1ccccc1F)NCc1ccc(Cl)cc1. The van der Waals surface area contributed by atoms with Gasteiger partial charge in [-0.1, -0.05) is 41.9 Å². The van der Waals surface area contributed by atoms with Crippen molar-refractivity contribution in [1.82, 2.24) is 10.6 Å². The zero-order chi connectivity index (χ0) is 15.1. The Morgan fingerprint density at radius 1 is 1.05 bits per heavy atom. The van der Waals surface area contributed by atoms with E-state index in [0.29, 0.717) is 23.7 Å². The van der Waals surface area contributed by atoms with Crippen molar-refractivity contribution < 1.29 is 9.18 Å². The Bertz CT molecular complexity index is 601. The molecule has 0 unspecified atom stereocenters. The lowest BCUT2D eigenvalue weighted by Crippen LogP contribution is -2.33. The molecule has 2 aromatic carbocycles. The average Bonchev–Trinajstić information content (AvgIpc) is 2.49. The van der Waals surface area contributed by atoms with Crippen molar-refractivity contribution in [2.45, 2.75) is 13.1 Å². The summed E-state index contributed by atoms with van der Waals surface area (Å²) in [6.45, 7) is 0.903. The van der Waals surface area contributed by atoms with Crippen LogP contribution < -0.4 is 10.6 Å². The zero-order valence-corrected chi connectivity index (χ0v) is 12.2. The summed E-state index contributed by atoms with van der Waals surface area (Å²) in [5, 5.41) is 6.36. The number of carbonyl (C=O) groups is 1. The zero-order valence-electron chi connectivity index (χ0n) is 11.4. The lowest BCUT2D eigenvalue weighted by Gasteiger charge is -2.07. The molecule has 2 aromatic rings. The number of halogens is 2. The van der Waals surface area contributed by atoms with E-state index in [4.69, 9.17) is 11.6 Å². The maximum absolute atomic E-state index is 13.4. The summed E-state index contributed by atoms with van der Waals surface area (Å²) < 4.78 is 13.4. The van der Waals surface area contributed by atoms with Gasteiger partial charge in [-0.3, -0.25) is 4.79 Å². The Hall–Kier alpha value is -1.91. The number of nitrogens with one attached hydrogen (secondary N) is 2. The Morgan fingerprint density at radius 3 is 2.48 bits per heavy atom. The third kappa shape index (κ3) is 5.17. The van der Waals surface area contributed by atoms with E-state index in [1.165, 1.54) is 6.07 Å². The van der Waals surface area contributed by atoms with Crippen molar-refractivity contribution in [1.29, 1.82) is 0 Å². The molecular formula is C16H16ClFN2O. The van der Waals surface area contributed by atoms with Crippen LogP contribution in [0.2, 0.25) is 5.02 Å². The van der Waals surface area contributed by atoms with Crippen LogP contribution in [0.25, 0.3) is 0 Å². The van der Waals surface area contributed by atoms with E-state index in [1.54, 1.807) is 30.3 Å². The number of rotatable bonds is 6. The number of hydrogen-bond acceptors (Lipinski definition) is 2. The van der Waals surface area contributed by atoms with Crippen molar-refractivity contribution >= 4 is 17.5 Å². The van der Waals surface area contributed by atoms with Gasteiger partial charge in [-0.25, -0.2) is 4.39 Å². The molecule has 0 radical (unpaired) electrons. The summed E-state index contributed by atoms with van der Waals surface area (Å²) >= 11 is 5.79. The van der Waals surface area contributed by atoms with E-state index in [2.05, 4.69) is 10.6 Å². The molecule has 0 bridgehead atoms. The van der Waals surface area contributed by atoms with Crippen LogP contribution in [0.4, 0.5) is 4.39 Å². The molecular weight excluding hydrogens is 291 g/mol. The third-order valence-electron chi connectivity index (χ3n) is 2.96. The molecule has 0 fully saturated rings. The van der Waals surface area contributed by atoms with Gasteiger partial charge < -0.3 is 10.6 Å². The highest BCUT2D eigenvalue weighted by molar-refractivity contribution is 6.30. The molecule has 0 saturated heterocycles. The van der Waals surface area contributed by atoms with Crippen LogP contribution in [0.15, 0.2) is 48.5 Å². The van der Waals surface area contributed by atoms with Gasteiger partial charge in [0.15, 0.2) is 0 Å². The molecule has 0 atom stereocenters. The molecule has 2 rings (SSSR count). The summed E-state index contributed by atoms with van der Waals surface area (Å²) in [7, 11) is 0. The number of carbonyl (C=O) groups excluding carboxylic acids is 1. The van der Waals surface area contributed by atoms with Gasteiger partial charge in [0.1, 0.15) is 5.82 Å². The maximum atomic E-state index is 13.4. The second-order valence-corrected chi connectivity index (χ2v) is 5.03. The van der Waals surface area contributed by atoms with E-state index < -0.39 is 0 Å². The highest BCUT2D eigenvalue weighted by Gasteiger charge is 2.03. The van der Waals surface area contributed by atoms with Crippen LogP contribution in [-0.2, 0) is 17.9 Å². The molecule has 0 aromatic heterocycles. The van der Waals surface area contributed by atoms with Crippen molar-refractivity contribution in [3.8, 4) is 0 Å². The highest BCUT2D eigenvalue weighted by atomic mass is 35.5. The summed E-state index contributed by atoms with van der Waals surface area (Å²) in [4.78, 5) is 11.7. The minimum absolute atomic E-state index is 0.138. The van der Waals surface area contributed by atoms with Gasteiger partial charge in [0, 0.05) is 23.7 Å². The smallest absolute Gasteiger partial charge is 0.234 e. The summed E-state index contributed by atoms with van der Waals surface area (Å²) in [6.07, 6.45) is 0. The fraction of sp³-hybridized carbons (Fsp3) is 0.188. The van der Waals surface area contributed by atoms with Crippen molar-refractivity contribution in [2.75, 3.05) is 6.54 Å². The Kier molecular flexibility index (Phi) is 5.72. The normalized spacial score (nSPS) is 10.4. The molecule has 5 heteroatoms. The molecule has 0 aliphatic rings. The first kappa shape index (κ1) is 15.5. The molecule has 0 heterocycles. The van der Waals surface area contributed by atoms with E-state index >= 15 is 0 Å². The van der Waals surface area contributed by atoms with Crippen LogP contribution in [0.1, 0.15) is 11.1 Å². The summed E-state index contributed by atoms with van der Waals surface area (Å²) in [5.41, 5.74) is 1.52. The second kappa shape index (κ2) is 7.76. The highest BCUT2D eigenvalue weighted by Crippen LogP contribution is 2.09. The Morgan fingerprint density at radius 2 is 1.76 bits per heavy atom. The fourth-order valence-corrected chi connectivity index (χ4v) is 1.94. The molecule has 0 aliphatic carbocycles. The second-order valence-electron chi connectivity index (χ2n) is 4.60. The first-order chi connectivity index (χ1) is 10.1. The van der Waals surface area contributed by atoms with Gasteiger partial charge in [0.2, 0.25) is 5.91 Å². The van der Waals surface area contributed by atoms with E-state index in [0.717, 1.165) is 5.56 Å². The van der Waals surface area contributed by atoms with Crippen LogP contribution in [0.5, 0.6) is 0 Å². The topological polar surface area (TPSA) is 41.1 Å². The molecule has 0 spiro atoms. The molecule has 0 saturated carbocycles. The lowest BCUT2D eigenvalue weighted by atomic mass is 10.2. The largest absolute Gasteiger partial charge is 0.351 e. The quantitative estimate of drug-likeness (QED) is 0.861. The summed E-state index contributed by atoms with van der Waals surface area (Å²) in [6, 6.07) is 13.8. The van der Waals surface area contributed by atoms with Gasteiger partial charge in [-0.15, -0.1) is 0 Å². The number of benzene rings is 2.